The van der Waals surface area contributed by atoms with Gasteiger partial charge in [0, 0.05) is 38.8 Å². The summed E-state index contributed by atoms with van der Waals surface area (Å²) in [6, 6.07) is 13.1. The lowest BCUT2D eigenvalue weighted by Crippen LogP contribution is -2.36. The van der Waals surface area contributed by atoms with Crippen molar-refractivity contribution >= 4 is 21.6 Å². The van der Waals surface area contributed by atoms with Gasteiger partial charge in [-0.1, -0.05) is 24.3 Å². The van der Waals surface area contributed by atoms with Crippen LogP contribution >= 0.6 is 0 Å². The number of carbonyl (C=O) groups is 1. The average Bonchev–Trinajstić information content (AvgIpc) is 2.72. The fraction of sp³-hybridized carbons (Fsp3) is 0.409. The summed E-state index contributed by atoms with van der Waals surface area (Å²) >= 11 is 0. The molecule has 3 rings (SSSR count). The summed E-state index contributed by atoms with van der Waals surface area (Å²) in [5, 5.41) is 2.99. The minimum atomic E-state index is -3.35. The lowest BCUT2D eigenvalue weighted by Gasteiger charge is -2.27. The molecule has 1 heterocycles. The molecular weight excluding hydrogens is 402 g/mol. The lowest BCUT2D eigenvalue weighted by molar-refractivity contribution is 0.0340. The van der Waals surface area contributed by atoms with Gasteiger partial charge >= 0.3 is 0 Å². The van der Waals surface area contributed by atoms with Crippen LogP contribution in [-0.4, -0.2) is 58.8 Å². The molecule has 1 fully saturated rings. The number of nitrogens with zero attached hydrogens (tertiary/aromatic N) is 2. The van der Waals surface area contributed by atoms with E-state index in [0.717, 1.165) is 50.2 Å². The minimum absolute atomic E-state index is 0.187. The normalized spacial score (nSPS) is 15.0. The number of anilines is 1. The maximum atomic E-state index is 12.7. The average molecular weight is 432 g/mol. The van der Waals surface area contributed by atoms with Gasteiger partial charge in [0.2, 0.25) is 10.0 Å². The van der Waals surface area contributed by atoms with E-state index >= 15 is 0 Å². The number of benzene rings is 2. The van der Waals surface area contributed by atoms with Gasteiger partial charge in [0.05, 0.1) is 25.2 Å². The molecule has 2 aromatic carbocycles. The number of ether oxygens (including phenoxy) is 1. The zero-order chi connectivity index (χ0) is 21.7. The maximum Gasteiger partial charge on any atom is 0.251 e. The molecule has 0 unspecified atom stereocenters. The summed E-state index contributed by atoms with van der Waals surface area (Å²) in [4.78, 5) is 15.0. The van der Waals surface area contributed by atoms with Gasteiger partial charge < -0.3 is 10.1 Å². The topological polar surface area (TPSA) is 79.0 Å². The fourth-order valence-corrected chi connectivity index (χ4v) is 4.05. The van der Waals surface area contributed by atoms with Gasteiger partial charge in [-0.05, 0) is 41.8 Å². The third-order valence-electron chi connectivity index (χ3n) is 5.35. The van der Waals surface area contributed by atoms with E-state index in [1.807, 2.05) is 18.2 Å². The molecule has 0 atom stereocenters. The fourth-order valence-electron chi connectivity index (χ4n) is 3.49. The molecule has 1 aliphatic heterocycles. The van der Waals surface area contributed by atoms with Crippen molar-refractivity contribution in [3.63, 3.8) is 0 Å². The third-order valence-corrected chi connectivity index (χ3v) is 6.54. The van der Waals surface area contributed by atoms with E-state index in [2.05, 4.69) is 16.3 Å². The van der Waals surface area contributed by atoms with Crippen LogP contribution in [0.15, 0.2) is 42.5 Å². The Bertz CT molecular complexity index is 1000. The molecule has 0 saturated carbocycles. The second-order valence-corrected chi connectivity index (χ2v) is 9.59. The zero-order valence-corrected chi connectivity index (χ0v) is 18.5. The summed E-state index contributed by atoms with van der Waals surface area (Å²) in [7, 11) is -1.85. The van der Waals surface area contributed by atoms with Gasteiger partial charge in [0.15, 0.2) is 0 Å². The molecule has 0 aliphatic carbocycles. The number of morpholine rings is 1. The molecule has 162 valence electrons. The van der Waals surface area contributed by atoms with Crippen molar-refractivity contribution in [1.29, 1.82) is 0 Å². The second kappa shape index (κ2) is 9.59. The van der Waals surface area contributed by atoms with Crippen molar-refractivity contribution in [2.75, 3.05) is 43.9 Å². The van der Waals surface area contributed by atoms with Crippen molar-refractivity contribution in [2.45, 2.75) is 20.0 Å². The standard InChI is InChI=1S/C22H29N3O4S/c1-17-14-18(8-9-21(17)24(2)30(3,27)28)22(26)23-15-19-6-4-5-7-20(19)16-25-10-12-29-13-11-25/h4-9,14H,10-13,15-16H2,1-3H3,(H,23,26). The first-order valence-electron chi connectivity index (χ1n) is 9.95. The Morgan fingerprint density at radius 2 is 1.80 bits per heavy atom. The number of nitrogens with one attached hydrogen (secondary N) is 1. The van der Waals surface area contributed by atoms with Crippen LogP contribution in [0.25, 0.3) is 0 Å². The van der Waals surface area contributed by atoms with Gasteiger partial charge in [-0.2, -0.15) is 0 Å². The Hall–Kier alpha value is -2.42. The maximum absolute atomic E-state index is 12.7. The Morgan fingerprint density at radius 3 is 2.43 bits per heavy atom. The van der Waals surface area contributed by atoms with Crippen LogP contribution in [0.3, 0.4) is 0 Å². The van der Waals surface area contributed by atoms with E-state index in [4.69, 9.17) is 4.74 Å². The number of sulfonamides is 1. The van der Waals surface area contributed by atoms with Crippen LogP contribution in [0, 0.1) is 6.92 Å². The molecule has 8 heteroatoms. The number of carbonyl (C=O) groups excluding carboxylic acids is 1. The number of hydrogen-bond donors (Lipinski definition) is 1. The van der Waals surface area contributed by atoms with E-state index in [1.54, 1.807) is 25.1 Å². The highest BCUT2D eigenvalue weighted by Gasteiger charge is 2.17. The monoisotopic (exact) mass is 431 g/mol. The summed E-state index contributed by atoms with van der Waals surface area (Å²) in [5.41, 5.74) is 4.07. The van der Waals surface area contributed by atoms with Gasteiger partial charge in [0.25, 0.3) is 5.91 Å². The second-order valence-electron chi connectivity index (χ2n) is 7.57. The van der Waals surface area contributed by atoms with E-state index in [9.17, 15) is 13.2 Å². The molecule has 0 bridgehead atoms. The highest BCUT2D eigenvalue weighted by molar-refractivity contribution is 7.92. The number of hydrogen-bond acceptors (Lipinski definition) is 5. The number of amides is 1. The molecule has 1 aliphatic rings. The van der Waals surface area contributed by atoms with Crippen LogP contribution in [0.2, 0.25) is 0 Å². The van der Waals surface area contributed by atoms with Crippen LogP contribution in [0.1, 0.15) is 27.0 Å². The van der Waals surface area contributed by atoms with E-state index in [1.165, 1.54) is 16.9 Å². The molecule has 1 N–H and O–H groups in total. The molecule has 0 aromatic heterocycles. The predicted octanol–water partition coefficient (Wildman–Crippen LogP) is 2.15. The summed E-state index contributed by atoms with van der Waals surface area (Å²) < 4.78 is 30.2. The minimum Gasteiger partial charge on any atom is -0.379 e. The Balaban J connectivity index is 1.67. The van der Waals surface area contributed by atoms with Crippen LogP contribution in [0.5, 0.6) is 0 Å². The van der Waals surface area contributed by atoms with Crippen molar-refractivity contribution < 1.29 is 17.9 Å². The molecule has 7 nitrogen and oxygen atoms in total. The van der Waals surface area contributed by atoms with E-state index in [-0.39, 0.29) is 5.91 Å². The SMILES string of the molecule is Cc1cc(C(=O)NCc2ccccc2CN2CCOCC2)ccc1N(C)S(C)(=O)=O. The van der Waals surface area contributed by atoms with Crippen molar-refractivity contribution in [3.8, 4) is 0 Å². The third kappa shape index (κ3) is 5.59. The number of aryl methyl sites for hydroxylation is 1. The van der Waals surface area contributed by atoms with Gasteiger partial charge in [-0.25, -0.2) is 8.42 Å². The van der Waals surface area contributed by atoms with Gasteiger partial charge in [-0.3, -0.25) is 14.0 Å². The van der Waals surface area contributed by atoms with Crippen molar-refractivity contribution in [2.24, 2.45) is 0 Å². The summed E-state index contributed by atoms with van der Waals surface area (Å²) in [6.07, 6.45) is 1.15. The summed E-state index contributed by atoms with van der Waals surface area (Å²) in [5.74, 6) is -0.187. The first kappa shape index (κ1) is 22.3. The molecular formula is C22H29N3O4S. The predicted molar refractivity (Wildman–Crippen MR) is 118 cm³/mol. The highest BCUT2D eigenvalue weighted by Crippen LogP contribution is 2.22. The Kier molecular flexibility index (Phi) is 7.12. The van der Waals surface area contributed by atoms with Crippen LogP contribution < -0.4 is 9.62 Å². The number of rotatable bonds is 7. The molecule has 1 amide bonds. The van der Waals surface area contributed by atoms with E-state index < -0.39 is 10.0 Å². The first-order chi connectivity index (χ1) is 14.3. The van der Waals surface area contributed by atoms with Crippen LogP contribution in [-0.2, 0) is 27.8 Å². The van der Waals surface area contributed by atoms with Crippen LogP contribution in [0.4, 0.5) is 5.69 Å². The first-order valence-corrected chi connectivity index (χ1v) is 11.8. The zero-order valence-electron chi connectivity index (χ0n) is 17.7. The quantitative estimate of drug-likeness (QED) is 0.727. The lowest BCUT2D eigenvalue weighted by atomic mass is 10.1. The molecule has 0 radical (unpaired) electrons. The Labute approximate surface area is 178 Å². The molecule has 1 saturated heterocycles. The molecule has 0 spiro atoms. The van der Waals surface area contributed by atoms with Gasteiger partial charge in [0.1, 0.15) is 0 Å². The smallest absolute Gasteiger partial charge is 0.251 e. The van der Waals surface area contributed by atoms with Crippen molar-refractivity contribution in [3.05, 3.63) is 64.7 Å². The highest BCUT2D eigenvalue weighted by atomic mass is 32.2. The molecule has 2 aromatic rings. The largest absolute Gasteiger partial charge is 0.379 e. The molecule has 30 heavy (non-hydrogen) atoms. The van der Waals surface area contributed by atoms with E-state index in [0.29, 0.717) is 17.8 Å². The van der Waals surface area contributed by atoms with Gasteiger partial charge in [-0.15, -0.1) is 0 Å². The Morgan fingerprint density at radius 1 is 1.13 bits per heavy atom. The summed E-state index contributed by atoms with van der Waals surface area (Å²) in [6.45, 7) is 6.39. The van der Waals surface area contributed by atoms with Crippen molar-refractivity contribution in [1.82, 2.24) is 10.2 Å².